The molecule has 1 N–H and O–H groups in total. The molecule has 5 nitrogen and oxygen atoms in total. The van der Waals surface area contributed by atoms with Crippen molar-refractivity contribution in [3.05, 3.63) is 30.7 Å². The van der Waals surface area contributed by atoms with E-state index in [4.69, 9.17) is 4.74 Å². The lowest BCUT2D eigenvalue weighted by molar-refractivity contribution is 0.325. The van der Waals surface area contributed by atoms with Gasteiger partial charge in [0.2, 0.25) is 5.88 Å². The van der Waals surface area contributed by atoms with Gasteiger partial charge in [0, 0.05) is 18.3 Å². The molecular formula is C13H16N4O. The highest BCUT2D eigenvalue weighted by molar-refractivity contribution is 5.59. The lowest BCUT2D eigenvalue weighted by atomic mass is 10.2. The third-order valence-corrected chi connectivity index (χ3v) is 2.32. The fourth-order valence-corrected chi connectivity index (χ4v) is 1.54. The fraction of sp³-hybridized carbons (Fsp3) is 0.308. The third-order valence-electron chi connectivity index (χ3n) is 2.32. The first-order valence-corrected chi connectivity index (χ1v) is 5.98. The highest BCUT2D eigenvalue weighted by Crippen LogP contribution is 2.18. The van der Waals surface area contributed by atoms with Gasteiger partial charge < -0.3 is 10.1 Å². The average Bonchev–Trinajstić information content (AvgIpc) is 2.41. The van der Waals surface area contributed by atoms with Crippen LogP contribution in [0.1, 0.15) is 13.8 Å². The van der Waals surface area contributed by atoms with Gasteiger partial charge in [-0.2, -0.15) is 0 Å². The summed E-state index contributed by atoms with van der Waals surface area (Å²) in [6.07, 6.45) is 5.08. The monoisotopic (exact) mass is 244 g/mol. The highest BCUT2D eigenvalue weighted by Gasteiger charge is 2.03. The quantitative estimate of drug-likeness (QED) is 0.875. The molecule has 94 valence electrons. The Bertz CT molecular complexity index is 499. The van der Waals surface area contributed by atoms with E-state index in [9.17, 15) is 0 Å². The molecule has 18 heavy (non-hydrogen) atoms. The Hall–Kier alpha value is -2.17. The van der Waals surface area contributed by atoms with Gasteiger partial charge in [-0.15, -0.1) is 0 Å². The van der Waals surface area contributed by atoms with Crippen LogP contribution in [0, 0.1) is 0 Å². The second-order valence-corrected chi connectivity index (χ2v) is 3.64. The molecule has 2 heterocycles. The molecule has 2 aromatic heterocycles. The largest absolute Gasteiger partial charge is 0.477 e. The summed E-state index contributed by atoms with van der Waals surface area (Å²) in [4.78, 5) is 12.8. The Kier molecular flexibility index (Phi) is 4.06. The van der Waals surface area contributed by atoms with Crippen LogP contribution in [0.25, 0.3) is 11.3 Å². The summed E-state index contributed by atoms with van der Waals surface area (Å²) in [5, 5.41) is 3.15. The summed E-state index contributed by atoms with van der Waals surface area (Å²) >= 11 is 0. The van der Waals surface area contributed by atoms with Gasteiger partial charge in [-0.25, -0.2) is 9.97 Å². The summed E-state index contributed by atoms with van der Waals surface area (Å²) < 4.78 is 5.32. The van der Waals surface area contributed by atoms with E-state index in [1.165, 1.54) is 0 Å². The smallest absolute Gasteiger partial charge is 0.232 e. The summed E-state index contributed by atoms with van der Waals surface area (Å²) in [5.41, 5.74) is 1.68. The predicted octanol–water partition coefficient (Wildman–Crippen LogP) is 2.37. The SMILES string of the molecule is CCNc1ccc(-c2cncc(OCC)n2)cn1. The number of aromatic nitrogens is 3. The Morgan fingerprint density at radius 3 is 2.72 bits per heavy atom. The van der Waals surface area contributed by atoms with Crippen LogP contribution in [0.4, 0.5) is 5.82 Å². The van der Waals surface area contributed by atoms with Gasteiger partial charge in [0.05, 0.1) is 24.7 Å². The molecule has 5 heteroatoms. The molecule has 0 bridgehead atoms. The first kappa shape index (κ1) is 12.3. The molecule has 0 aliphatic rings. The van der Waals surface area contributed by atoms with Crippen molar-refractivity contribution < 1.29 is 4.74 Å². The van der Waals surface area contributed by atoms with Crippen LogP contribution in [0.2, 0.25) is 0 Å². The number of nitrogens with zero attached hydrogens (tertiary/aromatic N) is 3. The van der Waals surface area contributed by atoms with E-state index in [0.29, 0.717) is 12.5 Å². The Morgan fingerprint density at radius 1 is 1.17 bits per heavy atom. The Balaban J connectivity index is 2.22. The summed E-state index contributed by atoms with van der Waals surface area (Å²) in [5.74, 6) is 1.39. The molecule has 0 saturated carbocycles. The molecule has 0 radical (unpaired) electrons. The molecule has 0 unspecified atom stereocenters. The van der Waals surface area contributed by atoms with E-state index in [-0.39, 0.29) is 0 Å². The minimum atomic E-state index is 0.533. The zero-order valence-corrected chi connectivity index (χ0v) is 10.6. The van der Waals surface area contributed by atoms with Gasteiger partial charge in [-0.05, 0) is 26.0 Å². The minimum Gasteiger partial charge on any atom is -0.477 e. The average molecular weight is 244 g/mol. The van der Waals surface area contributed by atoms with E-state index >= 15 is 0 Å². The van der Waals surface area contributed by atoms with Crippen molar-refractivity contribution in [3.8, 4) is 17.1 Å². The lowest BCUT2D eigenvalue weighted by Gasteiger charge is -2.05. The number of nitrogens with one attached hydrogen (secondary N) is 1. The molecule has 0 amide bonds. The van der Waals surface area contributed by atoms with Crippen LogP contribution in [0.5, 0.6) is 5.88 Å². The van der Waals surface area contributed by atoms with Crippen LogP contribution in [-0.4, -0.2) is 28.1 Å². The molecule has 0 aliphatic heterocycles. The summed E-state index contributed by atoms with van der Waals surface area (Å²) in [7, 11) is 0. The summed E-state index contributed by atoms with van der Waals surface area (Å²) in [6, 6.07) is 3.89. The van der Waals surface area contributed by atoms with E-state index < -0.39 is 0 Å². The molecule has 0 fully saturated rings. The second kappa shape index (κ2) is 5.95. The number of anilines is 1. The van der Waals surface area contributed by atoms with Crippen molar-refractivity contribution in [2.24, 2.45) is 0 Å². The number of hydrogen-bond donors (Lipinski definition) is 1. The Morgan fingerprint density at radius 2 is 2.06 bits per heavy atom. The maximum atomic E-state index is 5.32. The van der Waals surface area contributed by atoms with Crippen molar-refractivity contribution >= 4 is 5.82 Å². The van der Waals surface area contributed by atoms with Crippen LogP contribution in [0.3, 0.4) is 0 Å². The minimum absolute atomic E-state index is 0.533. The van der Waals surface area contributed by atoms with E-state index in [1.54, 1.807) is 18.6 Å². The first-order chi connectivity index (χ1) is 8.83. The van der Waals surface area contributed by atoms with Crippen molar-refractivity contribution in [1.29, 1.82) is 0 Å². The zero-order chi connectivity index (χ0) is 12.8. The molecule has 0 atom stereocenters. The topological polar surface area (TPSA) is 59.9 Å². The maximum Gasteiger partial charge on any atom is 0.232 e. The normalized spacial score (nSPS) is 10.1. The van der Waals surface area contributed by atoms with Crippen LogP contribution < -0.4 is 10.1 Å². The van der Waals surface area contributed by atoms with Crippen LogP contribution in [0.15, 0.2) is 30.7 Å². The maximum absolute atomic E-state index is 5.32. The van der Waals surface area contributed by atoms with E-state index in [1.807, 2.05) is 26.0 Å². The standard InChI is InChI=1S/C13H16N4O/c1-3-15-12-6-5-10(7-16-12)11-8-14-9-13(17-11)18-4-2/h5-9H,3-4H2,1-2H3,(H,15,16). The molecule has 2 aromatic rings. The van der Waals surface area contributed by atoms with Gasteiger partial charge in [0.15, 0.2) is 0 Å². The number of pyridine rings is 1. The number of hydrogen-bond acceptors (Lipinski definition) is 5. The van der Waals surface area contributed by atoms with Gasteiger partial charge in [0.1, 0.15) is 5.82 Å². The van der Waals surface area contributed by atoms with Crippen LogP contribution in [-0.2, 0) is 0 Å². The third kappa shape index (κ3) is 2.94. The van der Waals surface area contributed by atoms with E-state index in [2.05, 4.69) is 20.3 Å². The molecule has 0 aliphatic carbocycles. The van der Waals surface area contributed by atoms with Gasteiger partial charge in [-0.1, -0.05) is 0 Å². The van der Waals surface area contributed by atoms with Gasteiger partial charge >= 0.3 is 0 Å². The molecule has 0 spiro atoms. The van der Waals surface area contributed by atoms with Gasteiger partial charge in [-0.3, -0.25) is 4.98 Å². The second-order valence-electron chi connectivity index (χ2n) is 3.64. The fourth-order valence-electron chi connectivity index (χ4n) is 1.54. The van der Waals surface area contributed by atoms with Gasteiger partial charge in [0.25, 0.3) is 0 Å². The van der Waals surface area contributed by atoms with Crippen molar-refractivity contribution in [2.45, 2.75) is 13.8 Å². The molecule has 0 saturated heterocycles. The highest BCUT2D eigenvalue weighted by atomic mass is 16.5. The first-order valence-electron chi connectivity index (χ1n) is 5.98. The molecular weight excluding hydrogens is 228 g/mol. The van der Waals surface area contributed by atoms with Crippen molar-refractivity contribution in [3.63, 3.8) is 0 Å². The number of ether oxygens (including phenoxy) is 1. The lowest BCUT2D eigenvalue weighted by Crippen LogP contribution is -1.99. The van der Waals surface area contributed by atoms with Crippen molar-refractivity contribution in [1.82, 2.24) is 15.0 Å². The van der Waals surface area contributed by atoms with E-state index in [0.717, 1.165) is 23.6 Å². The zero-order valence-electron chi connectivity index (χ0n) is 10.6. The number of rotatable bonds is 5. The molecule has 0 aromatic carbocycles. The molecule has 2 rings (SSSR count). The summed E-state index contributed by atoms with van der Waals surface area (Å²) in [6.45, 7) is 5.38. The Labute approximate surface area is 106 Å². The predicted molar refractivity (Wildman–Crippen MR) is 70.6 cm³/mol. The van der Waals surface area contributed by atoms with Crippen molar-refractivity contribution in [2.75, 3.05) is 18.5 Å². The van der Waals surface area contributed by atoms with Crippen LogP contribution >= 0.6 is 0 Å².